The summed E-state index contributed by atoms with van der Waals surface area (Å²) in [4.78, 5) is 19.7. The number of nitrogens with two attached hydrogens (primary N) is 1. The van der Waals surface area contributed by atoms with Gasteiger partial charge >= 0.3 is 0 Å². The number of rotatable bonds is 2. The molecule has 0 bridgehead atoms. The van der Waals surface area contributed by atoms with Gasteiger partial charge in [-0.1, -0.05) is 0 Å². The van der Waals surface area contributed by atoms with E-state index in [0.29, 0.717) is 17.3 Å². The van der Waals surface area contributed by atoms with Gasteiger partial charge in [-0.05, 0) is 36.8 Å². The Morgan fingerprint density at radius 1 is 1.25 bits per heavy atom. The summed E-state index contributed by atoms with van der Waals surface area (Å²) in [5.74, 6) is 1.25. The largest absolute Gasteiger partial charge is 0.496 e. The zero-order chi connectivity index (χ0) is 16.1. The Morgan fingerprint density at radius 3 is 2.79 bits per heavy atom. The number of carbonyl (C=O) groups excluding carboxylic acids is 1. The molecule has 1 amide bonds. The van der Waals surface area contributed by atoms with E-state index < -0.39 is 0 Å². The quantitative estimate of drug-likeness (QED) is 0.622. The van der Waals surface area contributed by atoms with Crippen molar-refractivity contribution in [2.75, 3.05) is 18.2 Å². The van der Waals surface area contributed by atoms with E-state index in [1.165, 1.54) is 0 Å². The number of aromatic nitrogens is 2. The van der Waals surface area contributed by atoms with Gasteiger partial charge in [0.25, 0.3) is 0 Å². The third kappa shape index (κ3) is 2.35. The number of carbonyl (C=O) groups is 1. The first-order chi connectivity index (χ1) is 11.1. The lowest BCUT2D eigenvalue weighted by atomic mass is 10.0. The molecule has 1 atom stereocenters. The summed E-state index contributed by atoms with van der Waals surface area (Å²) < 4.78 is 5.39. The van der Waals surface area contributed by atoms with Crippen molar-refractivity contribution in [3.8, 4) is 17.1 Å². The first kappa shape index (κ1) is 16.1. The van der Waals surface area contributed by atoms with E-state index in [9.17, 15) is 4.79 Å². The molecule has 24 heavy (non-hydrogen) atoms. The number of benzene rings is 2. The highest BCUT2D eigenvalue weighted by Gasteiger charge is 2.27. The van der Waals surface area contributed by atoms with Crippen molar-refractivity contribution in [2.24, 2.45) is 0 Å². The molecule has 0 saturated heterocycles. The molecule has 4 rings (SSSR count). The van der Waals surface area contributed by atoms with E-state index in [4.69, 9.17) is 10.5 Å². The minimum atomic E-state index is -0.146. The molecule has 4 N–H and O–H groups in total. The second-order valence-electron chi connectivity index (χ2n) is 5.71. The molecule has 6 nitrogen and oxygen atoms in total. The van der Waals surface area contributed by atoms with Gasteiger partial charge in [0.2, 0.25) is 5.91 Å². The number of anilines is 2. The minimum absolute atomic E-state index is 0. The van der Waals surface area contributed by atoms with Crippen molar-refractivity contribution in [1.82, 2.24) is 9.97 Å². The van der Waals surface area contributed by atoms with Gasteiger partial charge in [-0.3, -0.25) is 4.79 Å². The monoisotopic (exact) mass is 344 g/mol. The van der Waals surface area contributed by atoms with Crippen LogP contribution >= 0.6 is 12.4 Å². The van der Waals surface area contributed by atoms with Crippen LogP contribution in [0.3, 0.4) is 0 Å². The molecule has 124 valence electrons. The van der Waals surface area contributed by atoms with Crippen LogP contribution in [0.4, 0.5) is 11.4 Å². The maximum Gasteiger partial charge on any atom is 0.231 e. The van der Waals surface area contributed by atoms with Crippen LogP contribution in [0.15, 0.2) is 30.3 Å². The highest BCUT2D eigenvalue weighted by atomic mass is 35.5. The number of methoxy groups -OCH3 is 1. The van der Waals surface area contributed by atoms with Crippen molar-refractivity contribution in [2.45, 2.75) is 12.8 Å². The van der Waals surface area contributed by atoms with Crippen LogP contribution in [0.5, 0.6) is 5.75 Å². The van der Waals surface area contributed by atoms with Gasteiger partial charge in [-0.2, -0.15) is 0 Å². The summed E-state index contributed by atoms with van der Waals surface area (Å²) in [5.41, 5.74) is 10.8. The topological polar surface area (TPSA) is 93.0 Å². The van der Waals surface area contributed by atoms with Crippen LogP contribution in [-0.4, -0.2) is 23.0 Å². The Balaban J connectivity index is 0.00000169. The number of hydrogen-bond acceptors (Lipinski definition) is 4. The number of hydrogen-bond donors (Lipinski definition) is 3. The maximum atomic E-state index is 11.8. The molecule has 1 aromatic heterocycles. The van der Waals surface area contributed by atoms with Crippen molar-refractivity contribution in [3.63, 3.8) is 0 Å². The Hall–Kier alpha value is -2.73. The zero-order valence-corrected chi connectivity index (χ0v) is 14.0. The first-order valence-corrected chi connectivity index (χ1v) is 7.35. The number of aromatic amines is 1. The molecule has 3 aromatic rings. The maximum absolute atomic E-state index is 11.8. The lowest BCUT2D eigenvalue weighted by Gasteiger charge is -2.06. The van der Waals surface area contributed by atoms with E-state index in [2.05, 4.69) is 15.3 Å². The van der Waals surface area contributed by atoms with Gasteiger partial charge in [-0.15, -0.1) is 12.4 Å². The predicted octanol–water partition coefficient (Wildman–Crippen LogP) is 3.30. The number of nitrogen functional groups attached to an aromatic ring is 1. The van der Waals surface area contributed by atoms with Crippen molar-refractivity contribution < 1.29 is 9.53 Å². The number of imidazole rings is 1. The molecule has 0 radical (unpaired) electrons. The third-order valence-electron chi connectivity index (χ3n) is 4.25. The number of halogens is 1. The second-order valence-corrected chi connectivity index (χ2v) is 5.71. The average Bonchev–Trinajstić information content (AvgIpc) is 3.06. The van der Waals surface area contributed by atoms with Crippen molar-refractivity contribution in [3.05, 3.63) is 35.9 Å². The Bertz CT molecular complexity index is 951. The van der Waals surface area contributed by atoms with Gasteiger partial charge in [0, 0.05) is 17.4 Å². The zero-order valence-electron chi connectivity index (χ0n) is 13.2. The third-order valence-corrected chi connectivity index (χ3v) is 4.25. The molecule has 2 heterocycles. The Morgan fingerprint density at radius 2 is 2.04 bits per heavy atom. The summed E-state index contributed by atoms with van der Waals surface area (Å²) in [6.45, 7) is 1.90. The van der Waals surface area contributed by atoms with Gasteiger partial charge in [0.15, 0.2) is 0 Å². The summed E-state index contributed by atoms with van der Waals surface area (Å²) in [7, 11) is 1.60. The van der Waals surface area contributed by atoms with Crippen LogP contribution < -0.4 is 15.8 Å². The summed E-state index contributed by atoms with van der Waals surface area (Å²) >= 11 is 0. The predicted molar refractivity (Wildman–Crippen MR) is 96.8 cm³/mol. The number of fused-ring (bicyclic) bond motifs is 2. The smallest absolute Gasteiger partial charge is 0.231 e. The van der Waals surface area contributed by atoms with E-state index in [1.54, 1.807) is 13.2 Å². The normalized spacial score (nSPS) is 15.8. The highest BCUT2D eigenvalue weighted by molar-refractivity contribution is 6.05. The van der Waals surface area contributed by atoms with E-state index in [-0.39, 0.29) is 24.2 Å². The van der Waals surface area contributed by atoms with E-state index >= 15 is 0 Å². The number of amides is 1. The summed E-state index contributed by atoms with van der Waals surface area (Å²) in [6.07, 6.45) is 0. The molecular weight excluding hydrogens is 328 g/mol. The lowest BCUT2D eigenvalue weighted by Crippen LogP contribution is -2.08. The van der Waals surface area contributed by atoms with Crippen molar-refractivity contribution >= 4 is 40.7 Å². The van der Waals surface area contributed by atoms with Crippen molar-refractivity contribution in [1.29, 1.82) is 0 Å². The Kier molecular flexibility index (Phi) is 3.85. The Labute approximate surface area is 144 Å². The number of H-pyrrole nitrogens is 1. The lowest BCUT2D eigenvalue weighted by molar-refractivity contribution is -0.116. The first-order valence-electron chi connectivity index (χ1n) is 7.35. The summed E-state index contributed by atoms with van der Waals surface area (Å²) in [5, 5.41) is 2.88. The van der Waals surface area contributed by atoms with Crippen LogP contribution in [0.2, 0.25) is 0 Å². The van der Waals surface area contributed by atoms with Gasteiger partial charge in [0.05, 0.1) is 29.6 Å². The fourth-order valence-electron chi connectivity index (χ4n) is 2.95. The standard InChI is InChI=1S/C17H16N4O2.ClH/c1-8-11-6-13-14(7-12(11)21-17(8)22)20-16(19-13)10-4-3-9(18)5-15(10)23-2;/h3-8H,18H2,1-2H3,(H,19,20)(H,21,22);1H. The van der Waals surface area contributed by atoms with Crippen LogP contribution in [-0.2, 0) is 4.79 Å². The fraction of sp³-hybridized carbons (Fsp3) is 0.176. The molecule has 1 aliphatic heterocycles. The van der Waals surface area contributed by atoms with E-state index in [1.807, 2.05) is 31.2 Å². The molecule has 0 fully saturated rings. The van der Waals surface area contributed by atoms with Crippen LogP contribution in [0, 0.1) is 0 Å². The van der Waals surface area contributed by atoms with Crippen LogP contribution in [0.25, 0.3) is 22.4 Å². The fourth-order valence-corrected chi connectivity index (χ4v) is 2.95. The van der Waals surface area contributed by atoms with E-state index in [0.717, 1.165) is 27.8 Å². The number of nitrogens with one attached hydrogen (secondary N) is 2. The SMILES string of the molecule is COc1cc(N)ccc1-c1nc2cc3c(cc2[nH]1)C(C)C(=O)N3.Cl. The molecule has 7 heteroatoms. The minimum Gasteiger partial charge on any atom is -0.496 e. The molecule has 1 aliphatic rings. The molecule has 2 aromatic carbocycles. The van der Waals surface area contributed by atoms with Gasteiger partial charge < -0.3 is 20.8 Å². The molecular formula is C17H17ClN4O2. The highest BCUT2D eigenvalue weighted by Crippen LogP contribution is 2.37. The average molecular weight is 345 g/mol. The molecule has 0 aliphatic carbocycles. The van der Waals surface area contributed by atoms with Gasteiger partial charge in [0.1, 0.15) is 11.6 Å². The molecule has 0 saturated carbocycles. The molecule has 1 unspecified atom stereocenters. The molecule has 0 spiro atoms. The van der Waals surface area contributed by atoms with Gasteiger partial charge in [-0.25, -0.2) is 4.98 Å². The number of nitrogens with zero attached hydrogens (tertiary/aromatic N) is 1. The summed E-state index contributed by atoms with van der Waals surface area (Å²) in [6, 6.07) is 9.34. The van der Waals surface area contributed by atoms with Crippen LogP contribution in [0.1, 0.15) is 18.4 Å². The number of ether oxygens (including phenoxy) is 1. The second kappa shape index (κ2) is 5.72.